The van der Waals surface area contributed by atoms with Crippen LogP contribution in [0, 0.1) is 0 Å². The Kier molecular flexibility index (Phi) is 5.28. The monoisotopic (exact) mass is 301 g/mol. The first-order valence-electron chi connectivity index (χ1n) is 5.42. The smallest absolute Gasteiger partial charge is 0.251 e. The molecule has 0 aliphatic rings. The number of carbonyl (C=O) groups is 1. The summed E-state index contributed by atoms with van der Waals surface area (Å²) in [6, 6.07) is 3.39. The van der Waals surface area contributed by atoms with Gasteiger partial charge in [0.05, 0.1) is 18.2 Å². The number of benzene rings is 1. The average Bonchev–Trinajstić information content (AvgIpc) is 2.29. The van der Waals surface area contributed by atoms with E-state index in [0.717, 1.165) is 0 Å². The molecule has 0 spiro atoms. The van der Waals surface area contributed by atoms with Crippen LogP contribution in [0.1, 0.15) is 24.2 Å². The molecule has 0 bridgehead atoms. The van der Waals surface area contributed by atoms with E-state index in [9.17, 15) is 4.79 Å². The van der Waals surface area contributed by atoms with E-state index in [2.05, 4.69) is 21.2 Å². The predicted octanol–water partition coefficient (Wildman–Crippen LogP) is 2.61. The van der Waals surface area contributed by atoms with Gasteiger partial charge in [-0.15, -0.1) is 0 Å². The molecule has 94 valence electrons. The molecule has 5 heteroatoms. The first-order valence-corrected chi connectivity index (χ1v) is 6.21. The van der Waals surface area contributed by atoms with E-state index in [4.69, 9.17) is 9.47 Å². The van der Waals surface area contributed by atoms with Gasteiger partial charge >= 0.3 is 0 Å². The van der Waals surface area contributed by atoms with Gasteiger partial charge < -0.3 is 14.8 Å². The zero-order chi connectivity index (χ0) is 12.8. The molecular weight excluding hydrogens is 286 g/mol. The molecule has 0 heterocycles. The summed E-state index contributed by atoms with van der Waals surface area (Å²) in [7, 11) is 1.56. The molecule has 0 unspecified atom stereocenters. The Balaban J connectivity index is 3.14. The fourth-order valence-corrected chi connectivity index (χ4v) is 2.03. The van der Waals surface area contributed by atoms with Gasteiger partial charge in [-0.3, -0.25) is 4.79 Å². The van der Waals surface area contributed by atoms with E-state index in [-0.39, 0.29) is 5.91 Å². The van der Waals surface area contributed by atoms with E-state index in [1.807, 2.05) is 13.8 Å². The lowest BCUT2D eigenvalue weighted by Gasteiger charge is -2.13. The van der Waals surface area contributed by atoms with E-state index in [1.165, 1.54) is 0 Å². The van der Waals surface area contributed by atoms with Crippen LogP contribution < -0.4 is 14.8 Å². The maximum atomic E-state index is 11.7. The highest BCUT2D eigenvalue weighted by Crippen LogP contribution is 2.36. The van der Waals surface area contributed by atoms with Gasteiger partial charge in [-0.1, -0.05) is 0 Å². The minimum atomic E-state index is -0.128. The van der Waals surface area contributed by atoms with Crippen LogP contribution in [0.3, 0.4) is 0 Å². The van der Waals surface area contributed by atoms with Crippen molar-refractivity contribution in [2.24, 2.45) is 0 Å². The maximum Gasteiger partial charge on any atom is 0.251 e. The summed E-state index contributed by atoms with van der Waals surface area (Å²) in [4.78, 5) is 11.7. The van der Waals surface area contributed by atoms with Gasteiger partial charge in [0.1, 0.15) is 0 Å². The van der Waals surface area contributed by atoms with Gasteiger partial charge in [-0.25, -0.2) is 0 Å². The zero-order valence-corrected chi connectivity index (χ0v) is 11.8. The molecule has 0 aliphatic heterocycles. The molecule has 0 aliphatic carbocycles. The fourth-order valence-electron chi connectivity index (χ4n) is 1.42. The molecule has 1 N–H and O–H groups in total. The van der Waals surface area contributed by atoms with E-state index >= 15 is 0 Å². The number of carbonyl (C=O) groups excluding carboxylic acids is 1. The summed E-state index contributed by atoms with van der Waals surface area (Å²) < 4.78 is 11.4. The Morgan fingerprint density at radius 1 is 1.41 bits per heavy atom. The van der Waals surface area contributed by atoms with Crippen LogP contribution in [-0.4, -0.2) is 26.2 Å². The van der Waals surface area contributed by atoms with Crippen LogP contribution in [0.25, 0.3) is 0 Å². The highest BCUT2D eigenvalue weighted by Gasteiger charge is 2.14. The molecule has 4 nitrogen and oxygen atoms in total. The Morgan fingerprint density at radius 3 is 2.65 bits per heavy atom. The summed E-state index contributed by atoms with van der Waals surface area (Å²) >= 11 is 3.36. The second-order valence-electron chi connectivity index (χ2n) is 3.28. The van der Waals surface area contributed by atoms with Crippen molar-refractivity contribution >= 4 is 21.8 Å². The molecule has 0 atom stereocenters. The topological polar surface area (TPSA) is 47.6 Å². The number of halogens is 1. The Bertz CT molecular complexity index is 407. The van der Waals surface area contributed by atoms with Gasteiger partial charge in [0.25, 0.3) is 5.91 Å². The van der Waals surface area contributed by atoms with Crippen LogP contribution >= 0.6 is 15.9 Å². The molecule has 0 fully saturated rings. The molecule has 0 aromatic heterocycles. The van der Waals surface area contributed by atoms with Gasteiger partial charge in [0.2, 0.25) is 0 Å². The third-order valence-corrected chi connectivity index (χ3v) is 2.70. The van der Waals surface area contributed by atoms with Gasteiger partial charge in [-0.05, 0) is 41.9 Å². The maximum absolute atomic E-state index is 11.7. The third kappa shape index (κ3) is 3.36. The van der Waals surface area contributed by atoms with Gasteiger partial charge in [0, 0.05) is 12.1 Å². The summed E-state index contributed by atoms with van der Waals surface area (Å²) in [5.41, 5.74) is 0.544. The highest BCUT2D eigenvalue weighted by molar-refractivity contribution is 9.10. The highest BCUT2D eigenvalue weighted by atomic mass is 79.9. The van der Waals surface area contributed by atoms with Crippen molar-refractivity contribution < 1.29 is 14.3 Å². The lowest BCUT2D eigenvalue weighted by atomic mass is 10.2. The summed E-state index contributed by atoms with van der Waals surface area (Å²) in [6.07, 6.45) is 0. The lowest BCUT2D eigenvalue weighted by Crippen LogP contribution is -2.22. The van der Waals surface area contributed by atoms with E-state index < -0.39 is 0 Å². The first kappa shape index (κ1) is 13.8. The van der Waals surface area contributed by atoms with Crippen molar-refractivity contribution in [1.82, 2.24) is 5.32 Å². The van der Waals surface area contributed by atoms with Crippen molar-refractivity contribution in [3.05, 3.63) is 22.2 Å². The first-order chi connectivity index (χ1) is 8.13. The fraction of sp³-hybridized carbons (Fsp3) is 0.417. The SMILES string of the molecule is CCNC(=O)c1cc(Br)c(OC)c(OCC)c1. The number of amides is 1. The Morgan fingerprint density at radius 2 is 2.12 bits per heavy atom. The molecule has 1 rings (SSSR count). The van der Waals surface area contributed by atoms with Gasteiger partial charge in [0.15, 0.2) is 11.5 Å². The molecule has 17 heavy (non-hydrogen) atoms. The van der Waals surface area contributed by atoms with Gasteiger partial charge in [-0.2, -0.15) is 0 Å². The average molecular weight is 302 g/mol. The van der Waals surface area contributed by atoms with Crippen molar-refractivity contribution in [2.75, 3.05) is 20.3 Å². The van der Waals surface area contributed by atoms with Crippen molar-refractivity contribution in [3.8, 4) is 11.5 Å². The molecule has 1 aromatic rings. The second-order valence-corrected chi connectivity index (χ2v) is 4.14. The molecule has 1 aromatic carbocycles. The summed E-state index contributed by atoms with van der Waals surface area (Å²) in [5.74, 6) is 1.03. The van der Waals surface area contributed by atoms with Crippen LogP contribution in [0.5, 0.6) is 11.5 Å². The normalized spacial score (nSPS) is 9.88. The van der Waals surface area contributed by atoms with Crippen LogP contribution in [0.4, 0.5) is 0 Å². The quantitative estimate of drug-likeness (QED) is 0.909. The molecule has 1 amide bonds. The number of nitrogens with one attached hydrogen (secondary N) is 1. The van der Waals surface area contributed by atoms with E-state index in [0.29, 0.717) is 34.7 Å². The summed E-state index contributed by atoms with van der Waals surface area (Å²) in [6.45, 7) is 4.86. The minimum Gasteiger partial charge on any atom is -0.492 e. The number of methoxy groups -OCH3 is 1. The third-order valence-electron chi connectivity index (χ3n) is 2.11. The predicted molar refractivity (Wildman–Crippen MR) is 69.9 cm³/mol. The largest absolute Gasteiger partial charge is 0.492 e. The molecule has 0 saturated heterocycles. The standard InChI is InChI=1S/C12H16BrNO3/c1-4-14-12(15)8-6-9(13)11(16-3)10(7-8)17-5-2/h6-7H,4-5H2,1-3H3,(H,14,15). The molecular formula is C12H16BrNO3. The van der Waals surface area contributed by atoms with Crippen LogP contribution in [0.2, 0.25) is 0 Å². The molecule has 0 saturated carbocycles. The Labute approximate surface area is 109 Å². The second kappa shape index (κ2) is 6.49. The number of hydrogen-bond acceptors (Lipinski definition) is 3. The number of hydrogen-bond donors (Lipinski definition) is 1. The van der Waals surface area contributed by atoms with Crippen LogP contribution in [-0.2, 0) is 0 Å². The zero-order valence-electron chi connectivity index (χ0n) is 10.2. The van der Waals surface area contributed by atoms with Crippen LogP contribution in [0.15, 0.2) is 16.6 Å². The van der Waals surface area contributed by atoms with E-state index in [1.54, 1.807) is 19.2 Å². The lowest BCUT2D eigenvalue weighted by molar-refractivity contribution is 0.0955. The van der Waals surface area contributed by atoms with Crippen molar-refractivity contribution in [1.29, 1.82) is 0 Å². The molecule has 0 radical (unpaired) electrons. The Hall–Kier alpha value is -1.23. The summed E-state index contributed by atoms with van der Waals surface area (Å²) in [5, 5.41) is 2.74. The van der Waals surface area contributed by atoms with Crippen molar-refractivity contribution in [2.45, 2.75) is 13.8 Å². The number of ether oxygens (including phenoxy) is 2. The minimum absolute atomic E-state index is 0.128. The number of rotatable bonds is 5. The van der Waals surface area contributed by atoms with Crippen molar-refractivity contribution in [3.63, 3.8) is 0 Å².